The molecule has 0 fully saturated rings. The summed E-state index contributed by atoms with van der Waals surface area (Å²) < 4.78 is 0. The zero-order valence-electron chi connectivity index (χ0n) is 14.2. The summed E-state index contributed by atoms with van der Waals surface area (Å²) in [5.74, 6) is 0. The predicted octanol–water partition coefficient (Wildman–Crippen LogP) is 4.02. The Morgan fingerprint density at radius 3 is 2.15 bits per heavy atom. The number of aryl methyl sites for hydroxylation is 1. The summed E-state index contributed by atoms with van der Waals surface area (Å²) in [5, 5.41) is 3.62. The normalized spacial score (nSPS) is 13.8. The van der Waals surface area contributed by atoms with Gasteiger partial charge in [-0.1, -0.05) is 45.0 Å². The first-order chi connectivity index (χ1) is 9.44. The van der Waals surface area contributed by atoms with Gasteiger partial charge in [0.1, 0.15) is 0 Å². The van der Waals surface area contributed by atoms with Crippen LogP contribution in [0, 0.1) is 0 Å². The Bertz CT molecular complexity index is 381. The standard InChI is InChI=1S/C18H32N2/c1-7-15-10-12-16(13-11-15)17(19-9-3)14-20(6)18(4,5)8-2/h10-13,17,19H,7-9,14H2,1-6H3. The van der Waals surface area contributed by atoms with Gasteiger partial charge in [-0.2, -0.15) is 0 Å². The van der Waals surface area contributed by atoms with Crippen LogP contribution in [0.3, 0.4) is 0 Å². The lowest BCUT2D eigenvalue weighted by Gasteiger charge is -2.37. The summed E-state index contributed by atoms with van der Waals surface area (Å²) in [5.41, 5.74) is 3.05. The van der Waals surface area contributed by atoms with Gasteiger partial charge in [0.05, 0.1) is 0 Å². The molecule has 1 N–H and O–H groups in total. The molecule has 0 radical (unpaired) electrons. The molecule has 0 bridgehead atoms. The average Bonchev–Trinajstić information content (AvgIpc) is 2.46. The largest absolute Gasteiger partial charge is 0.309 e. The summed E-state index contributed by atoms with van der Waals surface area (Å²) in [7, 11) is 2.23. The Morgan fingerprint density at radius 2 is 1.70 bits per heavy atom. The molecule has 0 spiro atoms. The maximum atomic E-state index is 3.62. The van der Waals surface area contributed by atoms with Gasteiger partial charge in [-0.05, 0) is 51.4 Å². The van der Waals surface area contributed by atoms with Crippen molar-refractivity contribution in [2.75, 3.05) is 20.1 Å². The summed E-state index contributed by atoms with van der Waals surface area (Å²) >= 11 is 0. The van der Waals surface area contributed by atoms with Crippen molar-refractivity contribution in [2.24, 2.45) is 0 Å². The monoisotopic (exact) mass is 276 g/mol. The molecule has 1 aromatic carbocycles. The molecular formula is C18H32N2. The van der Waals surface area contributed by atoms with E-state index < -0.39 is 0 Å². The van der Waals surface area contributed by atoms with Crippen molar-refractivity contribution < 1.29 is 0 Å². The van der Waals surface area contributed by atoms with Crippen molar-refractivity contribution in [3.8, 4) is 0 Å². The highest BCUT2D eigenvalue weighted by atomic mass is 15.2. The summed E-state index contributed by atoms with van der Waals surface area (Å²) in [4.78, 5) is 2.47. The Morgan fingerprint density at radius 1 is 1.10 bits per heavy atom. The van der Waals surface area contributed by atoms with Crippen LogP contribution in [-0.4, -0.2) is 30.6 Å². The number of nitrogens with zero attached hydrogens (tertiary/aromatic N) is 1. The highest BCUT2D eigenvalue weighted by Gasteiger charge is 2.24. The first kappa shape index (κ1) is 17.2. The fraction of sp³-hybridized carbons (Fsp3) is 0.667. The van der Waals surface area contributed by atoms with Crippen LogP contribution in [0.1, 0.15) is 58.2 Å². The van der Waals surface area contributed by atoms with Crippen LogP contribution < -0.4 is 5.32 Å². The molecule has 114 valence electrons. The highest BCUT2D eigenvalue weighted by molar-refractivity contribution is 5.25. The zero-order chi connectivity index (χ0) is 15.2. The van der Waals surface area contributed by atoms with E-state index in [4.69, 9.17) is 0 Å². The van der Waals surface area contributed by atoms with Crippen LogP contribution in [0.2, 0.25) is 0 Å². The zero-order valence-corrected chi connectivity index (χ0v) is 14.2. The van der Waals surface area contributed by atoms with Crippen molar-refractivity contribution in [2.45, 2.75) is 59.0 Å². The Labute approximate surface area is 125 Å². The number of nitrogens with one attached hydrogen (secondary N) is 1. The molecule has 1 rings (SSSR count). The molecule has 0 aliphatic rings. The minimum absolute atomic E-state index is 0.247. The predicted molar refractivity (Wildman–Crippen MR) is 89.2 cm³/mol. The highest BCUT2D eigenvalue weighted by Crippen LogP contribution is 2.22. The lowest BCUT2D eigenvalue weighted by Crippen LogP contribution is -2.45. The second kappa shape index (κ2) is 7.80. The fourth-order valence-corrected chi connectivity index (χ4v) is 2.31. The molecule has 1 unspecified atom stereocenters. The van der Waals surface area contributed by atoms with Crippen molar-refractivity contribution in [1.29, 1.82) is 0 Å². The molecule has 0 aliphatic carbocycles. The van der Waals surface area contributed by atoms with Crippen molar-refractivity contribution in [1.82, 2.24) is 10.2 Å². The first-order valence-corrected chi connectivity index (χ1v) is 7.98. The fourth-order valence-electron chi connectivity index (χ4n) is 2.31. The van der Waals surface area contributed by atoms with Gasteiger partial charge in [0, 0.05) is 18.1 Å². The smallest absolute Gasteiger partial charge is 0.0449 e. The van der Waals surface area contributed by atoms with Gasteiger partial charge in [0.2, 0.25) is 0 Å². The van der Waals surface area contributed by atoms with E-state index in [-0.39, 0.29) is 5.54 Å². The van der Waals surface area contributed by atoms with Crippen LogP contribution in [0.15, 0.2) is 24.3 Å². The molecule has 2 heteroatoms. The van der Waals surface area contributed by atoms with E-state index in [0.717, 1.165) is 25.9 Å². The lowest BCUT2D eigenvalue weighted by molar-refractivity contribution is 0.136. The van der Waals surface area contributed by atoms with Crippen LogP contribution >= 0.6 is 0 Å². The van der Waals surface area contributed by atoms with Crippen LogP contribution in [-0.2, 0) is 6.42 Å². The maximum absolute atomic E-state index is 3.62. The van der Waals surface area contributed by atoms with Gasteiger partial charge in [-0.15, -0.1) is 0 Å². The van der Waals surface area contributed by atoms with Crippen LogP contribution in [0.5, 0.6) is 0 Å². The van der Waals surface area contributed by atoms with Gasteiger partial charge in [-0.25, -0.2) is 0 Å². The summed E-state index contributed by atoms with van der Waals surface area (Å²) in [6.07, 6.45) is 2.27. The Hall–Kier alpha value is -0.860. The van der Waals surface area contributed by atoms with Crippen molar-refractivity contribution >= 4 is 0 Å². The minimum atomic E-state index is 0.247. The van der Waals surface area contributed by atoms with E-state index in [0.29, 0.717) is 6.04 Å². The minimum Gasteiger partial charge on any atom is -0.309 e. The van der Waals surface area contributed by atoms with Gasteiger partial charge in [0.25, 0.3) is 0 Å². The topological polar surface area (TPSA) is 15.3 Å². The average molecular weight is 276 g/mol. The van der Waals surface area contributed by atoms with Crippen LogP contribution in [0.25, 0.3) is 0 Å². The van der Waals surface area contributed by atoms with E-state index >= 15 is 0 Å². The molecule has 1 aromatic rings. The molecule has 1 atom stereocenters. The van der Waals surface area contributed by atoms with E-state index in [1.54, 1.807) is 0 Å². The molecule has 0 amide bonds. The second-order valence-electron chi connectivity index (χ2n) is 6.25. The number of hydrogen-bond donors (Lipinski definition) is 1. The molecule has 0 saturated carbocycles. The summed E-state index contributed by atoms with van der Waals surface area (Å²) in [6, 6.07) is 9.47. The third-order valence-electron chi connectivity index (χ3n) is 4.60. The molecule has 2 nitrogen and oxygen atoms in total. The maximum Gasteiger partial charge on any atom is 0.0449 e. The van der Waals surface area contributed by atoms with E-state index in [1.165, 1.54) is 11.1 Å². The van der Waals surface area contributed by atoms with Gasteiger partial charge < -0.3 is 5.32 Å². The third kappa shape index (κ3) is 4.60. The van der Waals surface area contributed by atoms with Crippen molar-refractivity contribution in [3.05, 3.63) is 35.4 Å². The summed E-state index contributed by atoms with van der Waals surface area (Å²) in [6.45, 7) is 13.3. The van der Waals surface area contributed by atoms with Crippen molar-refractivity contribution in [3.63, 3.8) is 0 Å². The Balaban J connectivity index is 2.82. The molecule has 0 saturated heterocycles. The van der Waals surface area contributed by atoms with E-state index in [2.05, 4.69) is 76.1 Å². The van der Waals surface area contributed by atoms with Gasteiger partial charge >= 0.3 is 0 Å². The van der Waals surface area contributed by atoms with Gasteiger partial charge in [0.15, 0.2) is 0 Å². The molecular weight excluding hydrogens is 244 g/mol. The first-order valence-electron chi connectivity index (χ1n) is 7.98. The lowest BCUT2D eigenvalue weighted by atomic mass is 9.97. The number of benzene rings is 1. The van der Waals surface area contributed by atoms with Crippen LogP contribution in [0.4, 0.5) is 0 Å². The molecule has 0 heterocycles. The second-order valence-corrected chi connectivity index (χ2v) is 6.25. The molecule has 0 aromatic heterocycles. The molecule has 20 heavy (non-hydrogen) atoms. The van der Waals surface area contributed by atoms with Gasteiger partial charge in [-0.3, -0.25) is 4.90 Å². The van der Waals surface area contributed by atoms with E-state index in [1.807, 2.05) is 0 Å². The third-order valence-corrected chi connectivity index (χ3v) is 4.60. The number of rotatable bonds is 8. The number of hydrogen-bond acceptors (Lipinski definition) is 2. The number of likely N-dealkylation sites (N-methyl/N-ethyl adjacent to an activating group) is 2. The Kier molecular flexibility index (Phi) is 6.70. The SMILES string of the molecule is CCNC(CN(C)C(C)(C)CC)c1ccc(CC)cc1. The van der Waals surface area contributed by atoms with E-state index in [9.17, 15) is 0 Å². The molecule has 0 aliphatic heterocycles. The quantitative estimate of drug-likeness (QED) is 0.771.